The van der Waals surface area contributed by atoms with E-state index in [9.17, 15) is 13.2 Å². The van der Waals surface area contributed by atoms with E-state index in [1.807, 2.05) is 0 Å². The molecule has 108 valence electrons. The summed E-state index contributed by atoms with van der Waals surface area (Å²) in [7, 11) is -3.78. The summed E-state index contributed by atoms with van der Waals surface area (Å²) < 4.78 is 57.2. The zero-order valence-electron chi connectivity index (χ0n) is 11.1. The van der Waals surface area contributed by atoms with Crippen LogP contribution < -0.4 is 5.19 Å². The molecular formula is C12H17F3O3Si. The van der Waals surface area contributed by atoms with Crippen LogP contribution in [-0.2, 0) is 13.3 Å². The molecule has 0 unspecified atom stereocenters. The summed E-state index contributed by atoms with van der Waals surface area (Å²) in [5, 5.41) is -0.571. The Morgan fingerprint density at radius 3 is 1.68 bits per heavy atom. The van der Waals surface area contributed by atoms with Gasteiger partial charge in [0.2, 0.25) is 0 Å². The molecule has 0 fully saturated rings. The molecule has 0 amide bonds. The topological polar surface area (TPSA) is 27.7 Å². The van der Waals surface area contributed by atoms with Crippen LogP contribution in [0, 0.1) is 17.5 Å². The van der Waals surface area contributed by atoms with Crippen molar-refractivity contribution in [3.8, 4) is 0 Å². The van der Waals surface area contributed by atoms with Gasteiger partial charge in [-0.15, -0.1) is 0 Å². The van der Waals surface area contributed by atoms with Crippen molar-refractivity contribution < 1.29 is 26.4 Å². The summed E-state index contributed by atoms with van der Waals surface area (Å²) in [5.41, 5.74) is 0. The van der Waals surface area contributed by atoms with Gasteiger partial charge in [0, 0.05) is 19.8 Å². The van der Waals surface area contributed by atoms with E-state index in [-0.39, 0.29) is 19.8 Å². The Bertz CT molecular complexity index is 412. The van der Waals surface area contributed by atoms with Crippen molar-refractivity contribution in [1.82, 2.24) is 0 Å². The molecule has 0 aromatic heterocycles. The van der Waals surface area contributed by atoms with Crippen LogP contribution in [-0.4, -0.2) is 28.6 Å². The van der Waals surface area contributed by atoms with E-state index in [1.54, 1.807) is 20.8 Å². The van der Waals surface area contributed by atoms with E-state index in [0.29, 0.717) is 0 Å². The molecule has 1 aromatic carbocycles. The average Bonchev–Trinajstić information content (AvgIpc) is 2.35. The molecule has 7 heteroatoms. The second kappa shape index (κ2) is 7.04. The van der Waals surface area contributed by atoms with E-state index < -0.39 is 31.4 Å². The molecule has 0 aliphatic rings. The van der Waals surface area contributed by atoms with Crippen LogP contribution in [0.3, 0.4) is 0 Å². The first kappa shape index (κ1) is 16.2. The summed E-state index contributed by atoms with van der Waals surface area (Å²) in [6.07, 6.45) is 0. The van der Waals surface area contributed by atoms with Crippen molar-refractivity contribution in [2.75, 3.05) is 19.8 Å². The highest BCUT2D eigenvalue weighted by Gasteiger charge is 2.48. The first-order valence-corrected chi connectivity index (χ1v) is 7.80. The van der Waals surface area contributed by atoms with Crippen LogP contribution in [0.25, 0.3) is 0 Å². The summed E-state index contributed by atoms with van der Waals surface area (Å²) in [4.78, 5) is 0. The van der Waals surface area contributed by atoms with Gasteiger partial charge in [0.15, 0.2) is 11.6 Å². The largest absolute Gasteiger partial charge is 0.543 e. The van der Waals surface area contributed by atoms with Gasteiger partial charge in [-0.2, -0.15) is 0 Å². The molecular weight excluding hydrogens is 277 g/mol. The van der Waals surface area contributed by atoms with Crippen molar-refractivity contribution in [3.05, 3.63) is 29.6 Å². The Morgan fingerprint density at radius 2 is 1.26 bits per heavy atom. The second-order valence-corrected chi connectivity index (χ2v) is 6.05. The number of halogens is 3. The first-order valence-electron chi connectivity index (χ1n) is 6.08. The number of hydrogen-bond donors (Lipinski definition) is 0. The smallest absolute Gasteiger partial charge is 0.370 e. The van der Waals surface area contributed by atoms with Crippen LogP contribution in [0.1, 0.15) is 20.8 Å². The molecule has 0 radical (unpaired) electrons. The zero-order valence-corrected chi connectivity index (χ0v) is 12.1. The fraction of sp³-hybridized carbons (Fsp3) is 0.500. The van der Waals surface area contributed by atoms with Gasteiger partial charge in [0.25, 0.3) is 0 Å². The maximum atomic E-state index is 13.9. The lowest BCUT2D eigenvalue weighted by molar-refractivity contribution is 0.0842. The van der Waals surface area contributed by atoms with Crippen molar-refractivity contribution in [2.24, 2.45) is 0 Å². The van der Waals surface area contributed by atoms with Crippen LogP contribution in [0.5, 0.6) is 0 Å². The minimum Gasteiger partial charge on any atom is -0.370 e. The predicted octanol–water partition coefficient (Wildman–Crippen LogP) is 2.36. The van der Waals surface area contributed by atoms with Crippen LogP contribution in [0.15, 0.2) is 12.1 Å². The highest BCUT2D eigenvalue weighted by Crippen LogP contribution is 2.17. The third-order valence-corrected chi connectivity index (χ3v) is 5.43. The van der Waals surface area contributed by atoms with Crippen molar-refractivity contribution >= 4 is 14.0 Å². The molecule has 0 spiro atoms. The van der Waals surface area contributed by atoms with Gasteiger partial charge in [-0.1, -0.05) is 0 Å². The molecule has 0 saturated carbocycles. The predicted molar refractivity (Wildman–Crippen MR) is 66.6 cm³/mol. The Balaban J connectivity index is 3.41. The van der Waals surface area contributed by atoms with Crippen molar-refractivity contribution in [1.29, 1.82) is 0 Å². The summed E-state index contributed by atoms with van der Waals surface area (Å²) in [5.74, 6) is -3.41. The third-order valence-electron chi connectivity index (χ3n) is 2.35. The molecule has 1 rings (SSSR count). The molecule has 1 aromatic rings. The molecule has 0 atom stereocenters. The highest BCUT2D eigenvalue weighted by atomic mass is 28.4. The van der Waals surface area contributed by atoms with Gasteiger partial charge in [0.05, 0.1) is 5.19 Å². The normalized spacial score (nSPS) is 11.9. The standard InChI is InChI=1S/C12H17F3O3Si/c1-4-16-19(17-5-2,18-6-3)12-10(14)8-7-9(13)11(12)15/h7-8H,4-6H2,1-3H3. The SMILES string of the molecule is CCO[Si](OCC)(OCC)c1c(F)ccc(F)c1F. The molecule has 0 aliphatic heterocycles. The van der Waals surface area contributed by atoms with Gasteiger partial charge in [0.1, 0.15) is 5.82 Å². The van der Waals surface area contributed by atoms with Gasteiger partial charge in [-0.25, -0.2) is 13.2 Å². The maximum absolute atomic E-state index is 13.9. The zero-order chi connectivity index (χ0) is 14.5. The molecule has 0 bridgehead atoms. The lowest BCUT2D eigenvalue weighted by atomic mass is 10.3. The first-order chi connectivity index (χ1) is 9.02. The third kappa shape index (κ3) is 3.36. The fourth-order valence-electron chi connectivity index (χ4n) is 1.72. The van der Waals surface area contributed by atoms with E-state index in [2.05, 4.69) is 0 Å². The van der Waals surface area contributed by atoms with Gasteiger partial charge < -0.3 is 13.3 Å². The van der Waals surface area contributed by atoms with E-state index in [0.717, 1.165) is 12.1 Å². The number of hydrogen-bond acceptors (Lipinski definition) is 3. The summed E-state index contributed by atoms with van der Waals surface area (Å²) >= 11 is 0. The monoisotopic (exact) mass is 294 g/mol. The van der Waals surface area contributed by atoms with E-state index in [4.69, 9.17) is 13.3 Å². The average molecular weight is 294 g/mol. The molecule has 0 saturated heterocycles. The molecule has 19 heavy (non-hydrogen) atoms. The minimum atomic E-state index is -3.78. The molecule has 0 heterocycles. The lowest BCUT2D eigenvalue weighted by Crippen LogP contribution is -2.59. The Kier molecular flexibility index (Phi) is 5.99. The van der Waals surface area contributed by atoms with Gasteiger partial charge in [-0.05, 0) is 32.9 Å². The van der Waals surface area contributed by atoms with Crippen molar-refractivity contribution in [3.63, 3.8) is 0 Å². The Labute approximate surface area is 111 Å². The van der Waals surface area contributed by atoms with Crippen LogP contribution in [0.2, 0.25) is 0 Å². The number of benzene rings is 1. The van der Waals surface area contributed by atoms with Crippen LogP contribution in [0.4, 0.5) is 13.2 Å². The van der Waals surface area contributed by atoms with Crippen molar-refractivity contribution in [2.45, 2.75) is 20.8 Å². The molecule has 3 nitrogen and oxygen atoms in total. The van der Waals surface area contributed by atoms with Gasteiger partial charge >= 0.3 is 8.80 Å². The Morgan fingerprint density at radius 1 is 0.842 bits per heavy atom. The van der Waals surface area contributed by atoms with E-state index in [1.165, 1.54) is 0 Å². The highest BCUT2D eigenvalue weighted by molar-refractivity contribution is 6.75. The number of rotatable bonds is 7. The fourth-order valence-corrected chi connectivity index (χ4v) is 4.31. The molecule has 0 aliphatic carbocycles. The summed E-state index contributed by atoms with van der Waals surface area (Å²) in [6.45, 7) is 5.36. The quantitative estimate of drug-likeness (QED) is 0.571. The molecule has 0 N–H and O–H groups in total. The maximum Gasteiger partial charge on any atom is 0.543 e. The van der Waals surface area contributed by atoms with Crippen LogP contribution >= 0.6 is 0 Å². The Hall–Kier alpha value is -0.893. The summed E-state index contributed by atoms with van der Waals surface area (Å²) in [6, 6.07) is 1.56. The van der Waals surface area contributed by atoms with E-state index >= 15 is 0 Å². The lowest BCUT2D eigenvalue weighted by Gasteiger charge is -2.29. The van der Waals surface area contributed by atoms with Gasteiger partial charge in [-0.3, -0.25) is 0 Å². The second-order valence-electron chi connectivity index (χ2n) is 3.57. The minimum absolute atomic E-state index is 0.140.